The van der Waals surface area contributed by atoms with E-state index in [9.17, 15) is 9.59 Å². The predicted molar refractivity (Wildman–Crippen MR) is 133 cm³/mol. The van der Waals surface area contributed by atoms with Crippen LogP contribution in [0.25, 0.3) is 11.5 Å². The molecule has 0 spiro atoms. The fourth-order valence-electron chi connectivity index (χ4n) is 5.43. The highest BCUT2D eigenvalue weighted by Crippen LogP contribution is 2.35. The number of benzene rings is 1. The Hall–Kier alpha value is -3.48. The van der Waals surface area contributed by atoms with Crippen LogP contribution in [0.4, 0.5) is 0 Å². The molecular formula is C28H33N3O4. The van der Waals surface area contributed by atoms with Gasteiger partial charge in [0, 0.05) is 11.6 Å². The van der Waals surface area contributed by atoms with Crippen molar-refractivity contribution < 1.29 is 18.7 Å². The first-order valence-corrected chi connectivity index (χ1v) is 12.5. The maximum Gasteiger partial charge on any atom is 0.271 e. The van der Waals surface area contributed by atoms with Gasteiger partial charge in [-0.05, 0) is 50.1 Å². The smallest absolute Gasteiger partial charge is 0.271 e. The molecule has 184 valence electrons. The molecule has 2 aromatic heterocycles. The number of ether oxygens (including phenoxy) is 1. The molecule has 0 radical (unpaired) electrons. The van der Waals surface area contributed by atoms with Crippen LogP contribution in [0.5, 0.6) is 5.75 Å². The van der Waals surface area contributed by atoms with Gasteiger partial charge in [-0.15, -0.1) is 0 Å². The number of rotatable bonds is 6. The molecule has 1 aliphatic carbocycles. The van der Waals surface area contributed by atoms with Crippen LogP contribution in [0, 0.1) is 0 Å². The van der Waals surface area contributed by atoms with Crippen molar-refractivity contribution in [2.24, 2.45) is 0 Å². The standard InChI is InChI=1S/C28H33N3O4/c1-28(27(33)29-21-11-5-3-4-6-12-21)19-30-22(25-14-9-17-35-25)15-16-23(30)26(32)31(28)18-20-10-7-8-13-24(20)34-2/h7-10,13-17,21H,3-6,11-12,18-19H2,1-2H3,(H,29,33). The first-order chi connectivity index (χ1) is 17.0. The van der Waals surface area contributed by atoms with Crippen molar-refractivity contribution in [3.05, 3.63) is 66.1 Å². The minimum absolute atomic E-state index is 0.114. The molecule has 1 atom stereocenters. The second kappa shape index (κ2) is 9.64. The number of methoxy groups -OCH3 is 1. The van der Waals surface area contributed by atoms with Gasteiger partial charge >= 0.3 is 0 Å². The third-order valence-electron chi connectivity index (χ3n) is 7.48. The number of aromatic nitrogens is 1. The molecule has 1 saturated carbocycles. The first kappa shape index (κ1) is 23.3. The van der Waals surface area contributed by atoms with E-state index in [1.807, 2.05) is 60.0 Å². The van der Waals surface area contributed by atoms with E-state index in [-0.39, 0.29) is 24.4 Å². The lowest BCUT2D eigenvalue weighted by Gasteiger charge is -2.45. The summed E-state index contributed by atoms with van der Waals surface area (Å²) in [4.78, 5) is 29.6. The molecule has 2 aliphatic rings. The summed E-state index contributed by atoms with van der Waals surface area (Å²) in [6.45, 7) is 2.49. The van der Waals surface area contributed by atoms with Gasteiger partial charge < -0.3 is 23.9 Å². The van der Waals surface area contributed by atoms with Crippen molar-refractivity contribution in [3.8, 4) is 17.2 Å². The molecule has 7 nitrogen and oxygen atoms in total. The second-order valence-electron chi connectivity index (χ2n) is 9.81. The number of furan rings is 1. The maximum atomic E-state index is 14.0. The van der Waals surface area contributed by atoms with Crippen molar-refractivity contribution in [2.45, 2.75) is 70.1 Å². The molecule has 3 heterocycles. The largest absolute Gasteiger partial charge is 0.496 e. The zero-order valence-corrected chi connectivity index (χ0v) is 20.5. The normalized spacial score (nSPS) is 20.9. The Balaban J connectivity index is 1.53. The van der Waals surface area contributed by atoms with Gasteiger partial charge in [0.25, 0.3) is 5.91 Å². The summed E-state index contributed by atoms with van der Waals surface area (Å²) in [5.74, 6) is 1.08. The number of nitrogens with one attached hydrogen (secondary N) is 1. The van der Waals surface area contributed by atoms with E-state index in [1.165, 1.54) is 12.8 Å². The van der Waals surface area contributed by atoms with Gasteiger partial charge in [0.2, 0.25) is 5.91 Å². The zero-order chi connectivity index (χ0) is 24.4. The average Bonchev–Trinajstić information content (AvgIpc) is 3.47. The molecule has 7 heteroatoms. The van der Waals surface area contributed by atoms with Crippen molar-refractivity contribution in [1.29, 1.82) is 0 Å². The van der Waals surface area contributed by atoms with Gasteiger partial charge in [0.05, 0.1) is 32.2 Å². The Labute approximate surface area is 206 Å². The molecular weight excluding hydrogens is 442 g/mol. The quantitative estimate of drug-likeness (QED) is 0.509. The monoisotopic (exact) mass is 475 g/mol. The highest BCUT2D eigenvalue weighted by Gasteiger charge is 2.48. The van der Waals surface area contributed by atoms with Gasteiger partial charge in [-0.1, -0.05) is 43.9 Å². The van der Waals surface area contributed by atoms with Crippen LogP contribution >= 0.6 is 0 Å². The highest BCUT2D eigenvalue weighted by molar-refractivity contribution is 6.00. The SMILES string of the molecule is COc1ccccc1CN1C(=O)c2ccc(-c3ccco3)n2CC1(C)C(=O)NC1CCCCCC1. The topological polar surface area (TPSA) is 76.7 Å². The van der Waals surface area contributed by atoms with Crippen LogP contribution < -0.4 is 10.1 Å². The van der Waals surface area contributed by atoms with E-state index in [4.69, 9.17) is 9.15 Å². The predicted octanol–water partition coefficient (Wildman–Crippen LogP) is 5.01. The fourth-order valence-corrected chi connectivity index (χ4v) is 5.43. The summed E-state index contributed by atoms with van der Waals surface area (Å²) in [5.41, 5.74) is 1.12. The molecule has 1 aliphatic heterocycles. The van der Waals surface area contributed by atoms with Crippen molar-refractivity contribution in [3.63, 3.8) is 0 Å². The third-order valence-corrected chi connectivity index (χ3v) is 7.48. The molecule has 1 N–H and O–H groups in total. The maximum absolute atomic E-state index is 14.0. The summed E-state index contributed by atoms with van der Waals surface area (Å²) < 4.78 is 13.1. The van der Waals surface area contributed by atoms with Crippen LogP contribution in [0.3, 0.4) is 0 Å². The molecule has 3 aromatic rings. The van der Waals surface area contributed by atoms with Crippen molar-refractivity contribution >= 4 is 11.8 Å². The number of carbonyl (C=O) groups excluding carboxylic acids is 2. The molecule has 1 aromatic carbocycles. The number of fused-ring (bicyclic) bond motifs is 1. The van der Waals surface area contributed by atoms with E-state index in [0.29, 0.717) is 23.7 Å². The molecule has 0 saturated heterocycles. The molecule has 1 unspecified atom stereocenters. The Morgan fingerprint density at radius 3 is 2.51 bits per heavy atom. The number of nitrogens with zero attached hydrogens (tertiary/aromatic N) is 2. The van der Waals surface area contributed by atoms with E-state index in [0.717, 1.165) is 36.9 Å². The number of carbonyl (C=O) groups is 2. The summed E-state index contributed by atoms with van der Waals surface area (Å²) in [6, 6.07) is 15.2. The summed E-state index contributed by atoms with van der Waals surface area (Å²) >= 11 is 0. The number of hydrogen-bond donors (Lipinski definition) is 1. The molecule has 35 heavy (non-hydrogen) atoms. The van der Waals surface area contributed by atoms with Gasteiger partial charge in [-0.25, -0.2) is 0 Å². The number of hydrogen-bond acceptors (Lipinski definition) is 4. The zero-order valence-electron chi connectivity index (χ0n) is 20.5. The van der Waals surface area contributed by atoms with Gasteiger partial charge in [0.1, 0.15) is 22.7 Å². The van der Waals surface area contributed by atoms with Crippen molar-refractivity contribution in [2.75, 3.05) is 7.11 Å². The van der Waals surface area contributed by atoms with Crippen LogP contribution in [0.2, 0.25) is 0 Å². The minimum Gasteiger partial charge on any atom is -0.496 e. The van der Waals surface area contributed by atoms with Gasteiger partial charge in [-0.3, -0.25) is 9.59 Å². The van der Waals surface area contributed by atoms with Crippen LogP contribution in [-0.2, 0) is 17.9 Å². The van der Waals surface area contributed by atoms with Crippen LogP contribution in [0.15, 0.2) is 59.2 Å². The Kier molecular flexibility index (Phi) is 6.41. The third kappa shape index (κ3) is 4.35. The Morgan fingerprint density at radius 2 is 1.80 bits per heavy atom. The Morgan fingerprint density at radius 1 is 1.06 bits per heavy atom. The lowest BCUT2D eigenvalue weighted by atomic mass is 9.92. The molecule has 1 fully saturated rings. The van der Waals surface area contributed by atoms with Gasteiger partial charge in [-0.2, -0.15) is 0 Å². The highest BCUT2D eigenvalue weighted by atomic mass is 16.5. The summed E-state index contributed by atoms with van der Waals surface area (Å²) in [6.07, 6.45) is 8.24. The lowest BCUT2D eigenvalue weighted by molar-refractivity contribution is -0.134. The fraction of sp³-hybridized carbons (Fsp3) is 0.429. The molecule has 0 bridgehead atoms. The van der Waals surface area contributed by atoms with E-state index in [1.54, 1.807) is 18.3 Å². The first-order valence-electron chi connectivity index (χ1n) is 12.5. The van der Waals surface area contributed by atoms with E-state index in [2.05, 4.69) is 5.32 Å². The molecule has 2 amide bonds. The van der Waals surface area contributed by atoms with E-state index >= 15 is 0 Å². The number of para-hydroxylation sites is 1. The summed E-state index contributed by atoms with van der Waals surface area (Å²) in [7, 11) is 1.62. The summed E-state index contributed by atoms with van der Waals surface area (Å²) in [5, 5.41) is 3.31. The van der Waals surface area contributed by atoms with Crippen LogP contribution in [-0.4, -0.2) is 40.0 Å². The van der Waals surface area contributed by atoms with E-state index < -0.39 is 5.54 Å². The molecule has 5 rings (SSSR count). The average molecular weight is 476 g/mol. The second-order valence-corrected chi connectivity index (χ2v) is 9.81. The lowest BCUT2D eigenvalue weighted by Crippen LogP contribution is -2.64. The number of amides is 2. The minimum atomic E-state index is -1.09. The van der Waals surface area contributed by atoms with Gasteiger partial charge in [0.15, 0.2) is 0 Å². The Bertz CT molecular complexity index is 1190. The van der Waals surface area contributed by atoms with Crippen LogP contribution in [0.1, 0.15) is 61.5 Å². The van der Waals surface area contributed by atoms with Crippen molar-refractivity contribution in [1.82, 2.24) is 14.8 Å².